The molecular formula is C28H29N5O2. The Balaban J connectivity index is 1.40. The van der Waals surface area contributed by atoms with Crippen molar-refractivity contribution in [2.45, 2.75) is 32.6 Å². The van der Waals surface area contributed by atoms with Gasteiger partial charge >= 0.3 is 0 Å². The van der Waals surface area contributed by atoms with Gasteiger partial charge in [0.05, 0.1) is 5.56 Å². The summed E-state index contributed by atoms with van der Waals surface area (Å²) in [4.78, 5) is 32.3. The lowest BCUT2D eigenvalue weighted by Crippen LogP contribution is -2.38. The van der Waals surface area contributed by atoms with Crippen LogP contribution in [-0.2, 0) is 0 Å². The Hall–Kier alpha value is -4.18. The second kappa shape index (κ2) is 10.8. The first-order valence-electron chi connectivity index (χ1n) is 11.9. The number of aryl methyl sites for hydroxylation is 1. The molecule has 2 amide bonds. The molecule has 7 nitrogen and oxygen atoms in total. The van der Waals surface area contributed by atoms with E-state index >= 15 is 0 Å². The van der Waals surface area contributed by atoms with E-state index < -0.39 is 0 Å². The number of pyridine rings is 1. The maximum Gasteiger partial charge on any atom is 0.255 e. The van der Waals surface area contributed by atoms with Gasteiger partial charge in [-0.1, -0.05) is 6.07 Å². The summed E-state index contributed by atoms with van der Waals surface area (Å²) in [6.45, 7) is 6.02. The van der Waals surface area contributed by atoms with Gasteiger partial charge in [-0.15, -0.1) is 0 Å². The fourth-order valence-corrected chi connectivity index (χ4v) is 4.30. The molecule has 1 fully saturated rings. The minimum absolute atomic E-state index is 0.0401. The number of carbonyl (C=O) groups is 2. The van der Waals surface area contributed by atoms with Crippen LogP contribution in [-0.4, -0.2) is 41.3 Å². The molecule has 2 N–H and O–H groups in total. The Bertz CT molecular complexity index is 1240. The summed E-state index contributed by atoms with van der Waals surface area (Å²) in [7, 11) is 0. The van der Waals surface area contributed by atoms with Crippen LogP contribution in [0.4, 0.5) is 11.4 Å². The molecule has 178 valence electrons. The van der Waals surface area contributed by atoms with Gasteiger partial charge in [0.25, 0.3) is 11.8 Å². The molecule has 1 aliphatic heterocycles. The summed E-state index contributed by atoms with van der Waals surface area (Å²) in [5, 5.41) is 15.1. The first-order valence-corrected chi connectivity index (χ1v) is 11.9. The molecule has 2 aromatic carbocycles. The third-order valence-corrected chi connectivity index (χ3v) is 6.38. The lowest BCUT2D eigenvalue weighted by atomic mass is 9.92. The molecule has 2 heterocycles. The smallest absolute Gasteiger partial charge is 0.255 e. The zero-order valence-electron chi connectivity index (χ0n) is 20.0. The van der Waals surface area contributed by atoms with E-state index in [1.54, 1.807) is 30.5 Å². The third-order valence-electron chi connectivity index (χ3n) is 6.38. The van der Waals surface area contributed by atoms with Gasteiger partial charge in [-0.2, -0.15) is 5.26 Å². The number of hydrogen-bond donors (Lipinski definition) is 2. The molecule has 0 spiro atoms. The highest BCUT2D eigenvalue weighted by Crippen LogP contribution is 2.28. The van der Waals surface area contributed by atoms with Crippen LogP contribution in [0.15, 0.2) is 60.8 Å². The summed E-state index contributed by atoms with van der Waals surface area (Å²) in [6.07, 6.45) is 3.25. The number of carbonyl (C=O) groups excluding carboxylic acids is 2. The number of nitriles is 1. The maximum atomic E-state index is 13.2. The highest BCUT2D eigenvalue weighted by atomic mass is 16.2. The Labute approximate surface area is 205 Å². The molecule has 35 heavy (non-hydrogen) atoms. The molecule has 1 aromatic heterocycles. The Morgan fingerprint density at radius 1 is 1.06 bits per heavy atom. The third kappa shape index (κ3) is 5.67. The monoisotopic (exact) mass is 467 g/mol. The summed E-state index contributed by atoms with van der Waals surface area (Å²) in [5.41, 5.74) is 5.12. The molecule has 0 aliphatic carbocycles. The average Bonchev–Trinajstić information content (AvgIpc) is 2.90. The number of nitrogens with one attached hydrogen (secondary N) is 2. The zero-order valence-corrected chi connectivity index (χ0v) is 20.0. The van der Waals surface area contributed by atoms with E-state index in [1.165, 1.54) is 0 Å². The number of amides is 2. The van der Waals surface area contributed by atoms with Crippen molar-refractivity contribution in [1.82, 2.24) is 9.88 Å². The standard InChI is InChI=1S/C28H29N5O2/c1-3-30-24-9-7-22(8-10-24)27(34)32-26-16-23(6-4-19(26)2)28(35)33-14-12-21(13-15-33)25-11-5-20(17-29)18-31-25/h4-11,16,18,21,30H,3,12-15H2,1-2H3,(H,32,34). The van der Waals surface area contributed by atoms with Gasteiger partial charge in [-0.05, 0) is 80.8 Å². The number of anilines is 2. The largest absolute Gasteiger partial charge is 0.385 e. The number of rotatable bonds is 6. The molecule has 3 aromatic rings. The summed E-state index contributed by atoms with van der Waals surface area (Å²) in [5.74, 6) is 0.0248. The Morgan fingerprint density at radius 3 is 2.40 bits per heavy atom. The molecule has 0 unspecified atom stereocenters. The van der Waals surface area contributed by atoms with E-state index in [2.05, 4.69) is 21.7 Å². The molecule has 0 saturated carbocycles. The van der Waals surface area contributed by atoms with Crippen LogP contribution in [0.1, 0.15) is 63.2 Å². The minimum atomic E-state index is -0.212. The Kier molecular flexibility index (Phi) is 7.41. The van der Waals surface area contributed by atoms with E-state index in [-0.39, 0.29) is 17.7 Å². The van der Waals surface area contributed by atoms with Crippen LogP contribution >= 0.6 is 0 Å². The van der Waals surface area contributed by atoms with Crippen molar-refractivity contribution in [3.8, 4) is 6.07 Å². The van der Waals surface area contributed by atoms with Crippen molar-refractivity contribution in [3.63, 3.8) is 0 Å². The van der Waals surface area contributed by atoms with Crippen molar-refractivity contribution < 1.29 is 9.59 Å². The molecule has 1 aliphatic rings. The average molecular weight is 468 g/mol. The summed E-state index contributed by atoms with van der Waals surface area (Å²) >= 11 is 0. The lowest BCUT2D eigenvalue weighted by Gasteiger charge is -2.32. The van der Waals surface area contributed by atoms with Gasteiger partial charge in [0.2, 0.25) is 0 Å². The molecule has 7 heteroatoms. The number of piperidine rings is 1. The molecule has 0 bridgehead atoms. The summed E-state index contributed by atoms with van der Waals surface area (Å²) in [6, 6.07) is 18.5. The van der Waals surface area contributed by atoms with Crippen molar-refractivity contribution in [2.75, 3.05) is 30.3 Å². The number of benzene rings is 2. The van der Waals surface area contributed by atoms with Crippen molar-refractivity contribution >= 4 is 23.2 Å². The number of aromatic nitrogens is 1. The maximum absolute atomic E-state index is 13.2. The number of likely N-dealkylation sites (tertiary alicyclic amines) is 1. The molecule has 0 atom stereocenters. The summed E-state index contributed by atoms with van der Waals surface area (Å²) < 4.78 is 0. The fraction of sp³-hybridized carbons (Fsp3) is 0.286. The SMILES string of the molecule is CCNc1ccc(C(=O)Nc2cc(C(=O)N3CCC(c4ccc(C#N)cn4)CC3)ccc2C)cc1. The topological polar surface area (TPSA) is 98.1 Å². The van der Waals surface area contributed by atoms with Gasteiger partial charge in [0, 0.05) is 59.9 Å². The fourth-order valence-electron chi connectivity index (χ4n) is 4.30. The highest BCUT2D eigenvalue weighted by molar-refractivity contribution is 6.05. The second-order valence-electron chi connectivity index (χ2n) is 8.74. The van der Waals surface area contributed by atoms with Crippen molar-refractivity contribution in [3.05, 3.63) is 88.7 Å². The van der Waals surface area contributed by atoms with E-state index in [1.807, 2.05) is 49.1 Å². The Morgan fingerprint density at radius 2 is 1.77 bits per heavy atom. The van der Waals surface area contributed by atoms with E-state index in [9.17, 15) is 9.59 Å². The number of hydrogen-bond acceptors (Lipinski definition) is 5. The van der Waals surface area contributed by atoms with Crippen molar-refractivity contribution in [2.24, 2.45) is 0 Å². The molecule has 0 radical (unpaired) electrons. The lowest BCUT2D eigenvalue weighted by molar-refractivity contribution is 0.0712. The van der Waals surface area contributed by atoms with Crippen LogP contribution in [0.2, 0.25) is 0 Å². The minimum Gasteiger partial charge on any atom is -0.385 e. The van der Waals surface area contributed by atoms with Crippen LogP contribution in [0.5, 0.6) is 0 Å². The van der Waals surface area contributed by atoms with E-state index in [0.29, 0.717) is 35.5 Å². The van der Waals surface area contributed by atoms with Gasteiger partial charge in [0.1, 0.15) is 6.07 Å². The first-order chi connectivity index (χ1) is 17.0. The second-order valence-corrected chi connectivity index (χ2v) is 8.74. The quantitative estimate of drug-likeness (QED) is 0.534. The van der Waals surface area contributed by atoms with Gasteiger partial charge in [-0.25, -0.2) is 0 Å². The van der Waals surface area contributed by atoms with Gasteiger partial charge in [0.15, 0.2) is 0 Å². The van der Waals surface area contributed by atoms with Crippen LogP contribution in [0.25, 0.3) is 0 Å². The molecule has 1 saturated heterocycles. The van der Waals surface area contributed by atoms with E-state index in [4.69, 9.17) is 5.26 Å². The first kappa shape index (κ1) is 24.0. The predicted molar refractivity (Wildman–Crippen MR) is 137 cm³/mol. The van der Waals surface area contributed by atoms with Crippen LogP contribution in [0.3, 0.4) is 0 Å². The van der Waals surface area contributed by atoms with Crippen LogP contribution < -0.4 is 10.6 Å². The van der Waals surface area contributed by atoms with Crippen molar-refractivity contribution in [1.29, 1.82) is 5.26 Å². The normalized spacial score (nSPS) is 13.7. The van der Waals surface area contributed by atoms with Gasteiger partial charge in [-0.3, -0.25) is 14.6 Å². The zero-order chi connectivity index (χ0) is 24.8. The molecular weight excluding hydrogens is 438 g/mol. The van der Waals surface area contributed by atoms with E-state index in [0.717, 1.165) is 36.3 Å². The molecule has 4 rings (SSSR count). The van der Waals surface area contributed by atoms with Gasteiger partial charge < -0.3 is 15.5 Å². The van der Waals surface area contributed by atoms with Crippen LogP contribution in [0, 0.1) is 18.3 Å². The predicted octanol–water partition coefficient (Wildman–Crippen LogP) is 4.97. The number of nitrogens with zero attached hydrogens (tertiary/aromatic N) is 3. The highest BCUT2D eigenvalue weighted by Gasteiger charge is 2.25.